The summed E-state index contributed by atoms with van der Waals surface area (Å²) < 4.78 is 58.5. The smallest absolute Gasteiger partial charge is 0.229 e. The summed E-state index contributed by atoms with van der Waals surface area (Å²) in [5.41, 5.74) is -0.254. The van der Waals surface area contributed by atoms with Crippen molar-refractivity contribution in [3.05, 3.63) is 35.4 Å². The Kier molecular flexibility index (Phi) is 3.83. The van der Waals surface area contributed by atoms with Crippen molar-refractivity contribution in [2.45, 2.75) is 19.0 Å². The third-order valence-corrected chi connectivity index (χ3v) is 3.25. The third-order valence-electron chi connectivity index (χ3n) is 2.29. The van der Waals surface area contributed by atoms with E-state index in [1.165, 1.54) is 12.1 Å². The average Bonchev–Trinajstić information content (AvgIpc) is 2.14. The van der Waals surface area contributed by atoms with Crippen LogP contribution in [0.5, 0.6) is 0 Å². The van der Waals surface area contributed by atoms with Crippen molar-refractivity contribution < 1.29 is 21.6 Å². The number of alkyl halides is 3. The fourth-order valence-corrected chi connectivity index (χ4v) is 2.33. The summed E-state index contributed by atoms with van der Waals surface area (Å²) in [7, 11) is -3.63. The number of benzene rings is 1. The molecule has 0 aliphatic heterocycles. The number of rotatable bonds is 3. The molecule has 0 radical (unpaired) electrons. The van der Waals surface area contributed by atoms with Gasteiger partial charge in [-0.3, -0.25) is 0 Å². The molecule has 17 heavy (non-hydrogen) atoms. The molecule has 0 aliphatic rings. The minimum Gasteiger partial charge on any atom is -0.229 e. The maximum atomic E-state index is 12.3. The van der Waals surface area contributed by atoms with Crippen LogP contribution in [0.2, 0.25) is 0 Å². The summed E-state index contributed by atoms with van der Waals surface area (Å²) in [6.07, 6.45) is -4.39. The van der Waals surface area contributed by atoms with Crippen LogP contribution < -0.4 is 5.14 Å². The van der Waals surface area contributed by atoms with Crippen molar-refractivity contribution in [2.24, 2.45) is 5.14 Å². The van der Waals surface area contributed by atoms with Crippen molar-refractivity contribution in [1.29, 1.82) is 0 Å². The summed E-state index contributed by atoms with van der Waals surface area (Å²) in [6, 6.07) is 4.38. The Hall–Kier alpha value is -1.08. The van der Waals surface area contributed by atoms with Crippen molar-refractivity contribution >= 4 is 10.0 Å². The summed E-state index contributed by atoms with van der Waals surface area (Å²) >= 11 is 0. The number of sulfonamides is 1. The zero-order chi connectivity index (χ0) is 13.3. The molecule has 0 aromatic heterocycles. The molecule has 0 bridgehead atoms. The molecule has 96 valence electrons. The number of nitrogens with two attached hydrogens (primary N) is 1. The van der Waals surface area contributed by atoms with E-state index in [9.17, 15) is 21.6 Å². The van der Waals surface area contributed by atoms with Crippen LogP contribution in [0, 0.1) is 0 Å². The number of primary sulfonamides is 1. The fourth-order valence-electron chi connectivity index (χ4n) is 1.45. The van der Waals surface area contributed by atoms with Crippen LogP contribution in [-0.2, 0) is 16.2 Å². The van der Waals surface area contributed by atoms with Crippen LogP contribution >= 0.6 is 0 Å². The van der Waals surface area contributed by atoms with Crippen molar-refractivity contribution in [2.75, 3.05) is 5.75 Å². The summed E-state index contributed by atoms with van der Waals surface area (Å²) in [5.74, 6) is -0.731. The van der Waals surface area contributed by atoms with E-state index >= 15 is 0 Å². The van der Waals surface area contributed by atoms with Gasteiger partial charge >= 0.3 is 6.18 Å². The lowest BCUT2D eigenvalue weighted by molar-refractivity contribution is -0.137. The Bertz CT molecular complexity index is 479. The van der Waals surface area contributed by atoms with E-state index < -0.39 is 27.7 Å². The average molecular weight is 267 g/mol. The highest BCUT2D eigenvalue weighted by atomic mass is 32.2. The highest BCUT2D eigenvalue weighted by Gasteiger charge is 2.30. The molecule has 0 saturated heterocycles. The predicted octanol–water partition coefficient (Wildman–Crippen LogP) is 2.10. The van der Waals surface area contributed by atoms with Crippen molar-refractivity contribution in [1.82, 2.24) is 0 Å². The highest BCUT2D eigenvalue weighted by Crippen LogP contribution is 2.30. The third kappa shape index (κ3) is 4.35. The van der Waals surface area contributed by atoms with Crippen molar-refractivity contribution in [3.8, 4) is 0 Å². The monoisotopic (exact) mass is 267 g/mol. The maximum Gasteiger partial charge on any atom is 0.416 e. The normalized spacial score (nSPS) is 14.6. The number of hydrogen-bond acceptors (Lipinski definition) is 2. The van der Waals surface area contributed by atoms with Crippen LogP contribution in [0.25, 0.3) is 0 Å². The topological polar surface area (TPSA) is 60.2 Å². The maximum absolute atomic E-state index is 12.3. The van der Waals surface area contributed by atoms with E-state index in [2.05, 4.69) is 0 Å². The van der Waals surface area contributed by atoms with Crippen LogP contribution in [0.4, 0.5) is 13.2 Å². The predicted molar refractivity (Wildman–Crippen MR) is 57.8 cm³/mol. The lowest BCUT2D eigenvalue weighted by Gasteiger charge is -2.12. The molecular weight excluding hydrogens is 255 g/mol. The molecule has 7 heteroatoms. The minimum atomic E-state index is -4.39. The van der Waals surface area contributed by atoms with E-state index in [1.54, 1.807) is 6.92 Å². The number of halogens is 3. The molecule has 0 spiro atoms. The zero-order valence-electron chi connectivity index (χ0n) is 9.03. The Morgan fingerprint density at radius 1 is 1.24 bits per heavy atom. The molecule has 0 amide bonds. The Morgan fingerprint density at radius 3 is 2.06 bits per heavy atom. The molecule has 1 unspecified atom stereocenters. The molecule has 0 aliphatic carbocycles. The first-order valence-electron chi connectivity index (χ1n) is 4.77. The summed E-state index contributed by atoms with van der Waals surface area (Å²) in [5, 5.41) is 4.87. The Labute approximate surface area is 97.5 Å². The van der Waals surface area contributed by atoms with E-state index in [0.29, 0.717) is 5.56 Å². The van der Waals surface area contributed by atoms with E-state index in [1.807, 2.05) is 0 Å². The largest absolute Gasteiger partial charge is 0.416 e. The second kappa shape index (κ2) is 4.66. The van der Waals surface area contributed by atoms with E-state index in [4.69, 9.17) is 5.14 Å². The SMILES string of the molecule is CC(CS(N)(=O)=O)c1ccc(C(F)(F)F)cc1. The van der Waals surface area contributed by atoms with Gasteiger partial charge in [0, 0.05) is 0 Å². The van der Waals surface area contributed by atoms with Crippen LogP contribution in [0.1, 0.15) is 24.0 Å². The summed E-state index contributed by atoms with van der Waals surface area (Å²) in [4.78, 5) is 0. The quantitative estimate of drug-likeness (QED) is 0.911. The zero-order valence-corrected chi connectivity index (χ0v) is 9.85. The van der Waals surface area contributed by atoms with Gasteiger partial charge in [0.25, 0.3) is 0 Å². The van der Waals surface area contributed by atoms with Gasteiger partial charge in [0.2, 0.25) is 10.0 Å². The van der Waals surface area contributed by atoms with Gasteiger partial charge < -0.3 is 0 Å². The van der Waals surface area contributed by atoms with Gasteiger partial charge in [-0.05, 0) is 23.6 Å². The molecule has 1 atom stereocenters. The van der Waals surface area contributed by atoms with Crippen LogP contribution in [0.15, 0.2) is 24.3 Å². The molecule has 0 saturated carbocycles. The highest BCUT2D eigenvalue weighted by molar-refractivity contribution is 7.89. The minimum absolute atomic E-state index is 0.293. The van der Waals surface area contributed by atoms with Crippen LogP contribution in [0.3, 0.4) is 0 Å². The Balaban J connectivity index is 2.88. The molecule has 2 N–H and O–H groups in total. The molecule has 1 aromatic carbocycles. The Morgan fingerprint density at radius 2 is 1.71 bits per heavy atom. The first-order chi connectivity index (χ1) is 7.59. The second-order valence-corrected chi connectivity index (χ2v) is 5.51. The van der Waals surface area contributed by atoms with Crippen LogP contribution in [-0.4, -0.2) is 14.2 Å². The standard InChI is InChI=1S/C10H12F3NO2S/c1-7(6-17(14,15)16)8-2-4-9(5-3-8)10(11,12)13/h2-5,7H,6H2,1H3,(H2,14,15,16). The second-order valence-electron chi connectivity index (χ2n) is 3.85. The van der Waals surface area contributed by atoms with Gasteiger partial charge in [-0.25, -0.2) is 13.6 Å². The first kappa shape index (κ1) is 14.0. The molecule has 1 rings (SSSR count). The van der Waals surface area contributed by atoms with Crippen molar-refractivity contribution in [3.63, 3.8) is 0 Å². The molecular formula is C10H12F3NO2S. The lowest BCUT2D eigenvalue weighted by atomic mass is 10.0. The lowest BCUT2D eigenvalue weighted by Crippen LogP contribution is -2.20. The first-order valence-corrected chi connectivity index (χ1v) is 6.49. The van der Waals surface area contributed by atoms with Gasteiger partial charge in [0.15, 0.2) is 0 Å². The number of hydrogen-bond donors (Lipinski definition) is 1. The molecule has 3 nitrogen and oxygen atoms in total. The van der Waals surface area contributed by atoms with E-state index in [0.717, 1.165) is 12.1 Å². The van der Waals surface area contributed by atoms with Gasteiger partial charge in [-0.1, -0.05) is 19.1 Å². The van der Waals surface area contributed by atoms with Gasteiger partial charge in [-0.15, -0.1) is 0 Å². The van der Waals surface area contributed by atoms with Gasteiger partial charge in [-0.2, -0.15) is 13.2 Å². The van der Waals surface area contributed by atoms with E-state index in [-0.39, 0.29) is 5.75 Å². The van der Waals surface area contributed by atoms with Gasteiger partial charge in [0.1, 0.15) is 0 Å². The molecule has 0 fully saturated rings. The van der Waals surface area contributed by atoms with Gasteiger partial charge in [0.05, 0.1) is 11.3 Å². The fraction of sp³-hybridized carbons (Fsp3) is 0.400. The molecule has 1 aromatic rings. The summed E-state index contributed by atoms with van der Waals surface area (Å²) in [6.45, 7) is 1.59. The molecule has 0 heterocycles.